The van der Waals surface area contributed by atoms with Gasteiger partial charge in [-0.1, -0.05) is 13.8 Å². The van der Waals surface area contributed by atoms with E-state index in [1.165, 1.54) is 19.3 Å². The zero-order chi connectivity index (χ0) is 21.0. The van der Waals surface area contributed by atoms with E-state index >= 15 is 0 Å². The summed E-state index contributed by atoms with van der Waals surface area (Å²) in [5.41, 5.74) is -0.167. The lowest BCUT2D eigenvalue weighted by Crippen LogP contribution is -2.59. The summed E-state index contributed by atoms with van der Waals surface area (Å²) < 4.78 is 0. The van der Waals surface area contributed by atoms with Gasteiger partial charge in [0.25, 0.3) is 0 Å². The predicted octanol–water partition coefficient (Wildman–Crippen LogP) is 2.52. The van der Waals surface area contributed by atoms with Crippen LogP contribution in [-0.4, -0.2) is 71.2 Å². The average molecular weight is 416 g/mol. The lowest BCUT2D eigenvalue weighted by molar-refractivity contribution is -0.162. The highest BCUT2D eigenvalue weighted by Gasteiger charge is 2.57. The number of amides is 3. The van der Waals surface area contributed by atoms with Crippen LogP contribution < -0.4 is 0 Å². The average Bonchev–Trinajstić information content (AvgIpc) is 3.21. The van der Waals surface area contributed by atoms with E-state index in [1.807, 2.05) is 28.5 Å². The van der Waals surface area contributed by atoms with Crippen LogP contribution >= 0.6 is 0 Å². The molecule has 6 nitrogen and oxygen atoms in total. The molecule has 4 saturated carbocycles. The van der Waals surface area contributed by atoms with Crippen LogP contribution in [0.2, 0.25) is 0 Å². The van der Waals surface area contributed by atoms with Crippen molar-refractivity contribution in [2.75, 3.05) is 32.7 Å². The number of hydrogen-bond acceptors (Lipinski definition) is 3. The van der Waals surface area contributed by atoms with Crippen molar-refractivity contribution < 1.29 is 14.4 Å². The summed E-state index contributed by atoms with van der Waals surface area (Å²) in [6, 6.07) is -0.280. The van der Waals surface area contributed by atoms with E-state index in [4.69, 9.17) is 0 Å². The minimum absolute atomic E-state index is 0.00419. The highest BCUT2D eigenvalue weighted by Crippen LogP contribution is 2.60. The smallest absolute Gasteiger partial charge is 0.245 e. The van der Waals surface area contributed by atoms with Gasteiger partial charge in [0.1, 0.15) is 6.04 Å². The molecule has 6 rings (SSSR count). The molecule has 0 aromatic carbocycles. The third kappa shape index (κ3) is 3.34. The lowest BCUT2D eigenvalue weighted by atomic mass is 9.49. The van der Waals surface area contributed by atoms with Crippen molar-refractivity contribution in [2.45, 2.75) is 71.3 Å². The third-order valence-corrected chi connectivity index (χ3v) is 8.69. The van der Waals surface area contributed by atoms with E-state index in [0.29, 0.717) is 32.1 Å². The Morgan fingerprint density at radius 3 is 1.87 bits per heavy atom. The van der Waals surface area contributed by atoms with Gasteiger partial charge < -0.3 is 14.7 Å². The van der Waals surface area contributed by atoms with Gasteiger partial charge in [0.15, 0.2) is 0 Å². The molecule has 1 atom stereocenters. The van der Waals surface area contributed by atoms with Crippen molar-refractivity contribution in [2.24, 2.45) is 29.1 Å². The fraction of sp³-hybridized carbons (Fsp3) is 0.875. The van der Waals surface area contributed by atoms with Crippen LogP contribution in [0, 0.1) is 29.1 Å². The Kier molecular flexibility index (Phi) is 5.10. The van der Waals surface area contributed by atoms with Gasteiger partial charge in [0.05, 0.1) is 5.41 Å². The SMILES string of the molecule is CC(C)C(=O)N1CCN(C(=O)C2CCCN2C(=O)C23CC4CC(CC(C4)C2)C3)CC1. The van der Waals surface area contributed by atoms with Crippen molar-refractivity contribution in [3.8, 4) is 0 Å². The molecule has 166 valence electrons. The van der Waals surface area contributed by atoms with Gasteiger partial charge in [-0.05, 0) is 69.1 Å². The number of carbonyl (C=O) groups excluding carboxylic acids is 3. The summed E-state index contributed by atoms with van der Waals surface area (Å²) in [5.74, 6) is 2.79. The van der Waals surface area contributed by atoms with Gasteiger partial charge in [-0.2, -0.15) is 0 Å². The van der Waals surface area contributed by atoms with E-state index in [9.17, 15) is 14.4 Å². The van der Waals surface area contributed by atoms with Crippen molar-refractivity contribution in [3.63, 3.8) is 0 Å². The first kappa shape index (κ1) is 20.3. The summed E-state index contributed by atoms with van der Waals surface area (Å²) in [6.07, 6.45) is 8.89. The van der Waals surface area contributed by atoms with Crippen molar-refractivity contribution in [1.29, 1.82) is 0 Å². The second kappa shape index (κ2) is 7.52. The summed E-state index contributed by atoms with van der Waals surface area (Å²) in [5, 5.41) is 0. The summed E-state index contributed by atoms with van der Waals surface area (Å²) >= 11 is 0. The number of nitrogens with zero attached hydrogens (tertiary/aromatic N) is 3. The van der Waals surface area contributed by atoms with Crippen LogP contribution in [0.3, 0.4) is 0 Å². The second-order valence-electron chi connectivity index (χ2n) is 11.2. The maximum atomic E-state index is 13.8. The minimum Gasteiger partial charge on any atom is -0.339 e. The molecule has 0 radical (unpaired) electrons. The van der Waals surface area contributed by atoms with E-state index in [-0.39, 0.29) is 29.2 Å². The van der Waals surface area contributed by atoms with Gasteiger partial charge >= 0.3 is 0 Å². The molecule has 0 aromatic heterocycles. The zero-order valence-corrected chi connectivity index (χ0v) is 18.6. The van der Waals surface area contributed by atoms with Crippen molar-refractivity contribution in [1.82, 2.24) is 14.7 Å². The quantitative estimate of drug-likeness (QED) is 0.712. The largest absolute Gasteiger partial charge is 0.339 e. The first-order valence-corrected chi connectivity index (χ1v) is 12.2. The number of piperazine rings is 1. The molecule has 1 unspecified atom stereocenters. The first-order chi connectivity index (χ1) is 14.4. The Labute approximate surface area is 180 Å². The minimum atomic E-state index is -0.280. The Morgan fingerprint density at radius 2 is 1.33 bits per heavy atom. The van der Waals surface area contributed by atoms with Crippen molar-refractivity contribution in [3.05, 3.63) is 0 Å². The van der Waals surface area contributed by atoms with E-state index in [0.717, 1.165) is 56.4 Å². The Balaban J connectivity index is 1.25. The molecule has 3 amide bonds. The van der Waals surface area contributed by atoms with Gasteiger partial charge in [0.2, 0.25) is 17.7 Å². The molecule has 0 N–H and O–H groups in total. The summed E-state index contributed by atoms with van der Waals surface area (Å²) in [7, 11) is 0. The molecular weight excluding hydrogens is 378 g/mol. The van der Waals surface area contributed by atoms with Gasteiger partial charge in [0, 0.05) is 38.6 Å². The molecule has 2 heterocycles. The van der Waals surface area contributed by atoms with Crippen LogP contribution in [-0.2, 0) is 14.4 Å². The molecule has 6 fully saturated rings. The number of rotatable bonds is 3. The normalized spacial score (nSPS) is 37.9. The molecule has 30 heavy (non-hydrogen) atoms. The van der Waals surface area contributed by atoms with Crippen LogP contribution in [0.15, 0.2) is 0 Å². The summed E-state index contributed by atoms with van der Waals surface area (Å²) in [6.45, 7) is 6.98. The monoisotopic (exact) mass is 415 g/mol. The maximum Gasteiger partial charge on any atom is 0.245 e. The lowest BCUT2D eigenvalue weighted by Gasteiger charge is -2.56. The fourth-order valence-electron chi connectivity index (χ4n) is 7.67. The Bertz CT molecular complexity index is 690. The van der Waals surface area contributed by atoms with Gasteiger partial charge in [-0.15, -0.1) is 0 Å². The third-order valence-electron chi connectivity index (χ3n) is 8.69. The summed E-state index contributed by atoms with van der Waals surface area (Å²) in [4.78, 5) is 45.2. The molecule has 2 saturated heterocycles. The van der Waals surface area contributed by atoms with Crippen LogP contribution in [0.1, 0.15) is 65.2 Å². The molecule has 4 aliphatic carbocycles. The van der Waals surface area contributed by atoms with E-state index in [2.05, 4.69) is 0 Å². The van der Waals surface area contributed by atoms with Gasteiger partial charge in [-0.3, -0.25) is 14.4 Å². The topological polar surface area (TPSA) is 60.9 Å². The van der Waals surface area contributed by atoms with Crippen molar-refractivity contribution >= 4 is 17.7 Å². The van der Waals surface area contributed by atoms with Crippen LogP contribution in [0.25, 0.3) is 0 Å². The molecular formula is C24H37N3O3. The molecule has 0 spiro atoms. The molecule has 2 aliphatic heterocycles. The predicted molar refractivity (Wildman–Crippen MR) is 113 cm³/mol. The number of likely N-dealkylation sites (tertiary alicyclic amines) is 1. The molecule has 6 aliphatic rings. The number of carbonyl (C=O) groups is 3. The molecule has 0 aromatic rings. The Morgan fingerprint density at radius 1 is 0.800 bits per heavy atom. The zero-order valence-electron chi connectivity index (χ0n) is 18.6. The molecule has 6 heteroatoms. The maximum absolute atomic E-state index is 13.8. The second-order valence-corrected chi connectivity index (χ2v) is 11.2. The van der Waals surface area contributed by atoms with Gasteiger partial charge in [-0.25, -0.2) is 0 Å². The molecule has 4 bridgehead atoms. The van der Waals surface area contributed by atoms with E-state index in [1.54, 1.807) is 0 Å². The first-order valence-electron chi connectivity index (χ1n) is 12.2. The highest BCUT2D eigenvalue weighted by molar-refractivity contribution is 5.91. The van der Waals surface area contributed by atoms with E-state index < -0.39 is 0 Å². The van der Waals surface area contributed by atoms with Crippen LogP contribution in [0.5, 0.6) is 0 Å². The van der Waals surface area contributed by atoms with Crippen LogP contribution in [0.4, 0.5) is 0 Å². The standard InChI is InChI=1S/C24H37N3O3/c1-16(2)21(28)25-6-8-26(9-7-25)22(29)20-4-3-5-27(20)23(30)24-13-17-10-18(14-24)12-19(11-17)15-24/h16-20H,3-15H2,1-2H3. The fourth-order valence-corrected chi connectivity index (χ4v) is 7.67. The Hall–Kier alpha value is -1.59. The number of hydrogen-bond donors (Lipinski definition) is 0. The highest BCUT2D eigenvalue weighted by atomic mass is 16.2.